The van der Waals surface area contributed by atoms with E-state index in [-0.39, 0.29) is 23.3 Å². The molecule has 0 spiro atoms. The number of carbonyl (C=O) groups is 2. The number of allylic oxidation sites excluding steroid dienone is 1. The first kappa shape index (κ1) is 17.5. The standard InChI is InChI=1S/C19H16FN3O3/c1-10(2)15(24)7-12-6-11(4-5-14(12)20)17-16-13(19(25)26-3)8-21-18(16)23-9-22-17/h4-6,8-9H,1,7H2,2-3H3,(H,21,22,23). The van der Waals surface area contributed by atoms with Crippen LogP contribution < -0.4 is 0 Å². The van der Waals surface area contributed by atoms with Crippen LogP contribution in [-0.2, 0) is 16.0 Å². The van der Waals surface area contributed by atoms with Gasteiger partial charge in [0.25, 0.3) is 0 Å². The third-order valence-electron chi connectivity index (χ3n) is 4.02. The largest absolute Gasteiger partial charge is 0.465 e. The minimum Gasteiger partial charge on any atom is -0.465 e. The molecule has 0 saturated heterocycles. The monoisotopic (exact) mass is 353 g/mol. The zero-order valence-electron chi connectivity index (χ0n) is 14.3. The van der Waals surface area contributed by atoms with Crippen LogP contribution in [0.4, 0.5) is 4.39 Å². The van der Waals surface area contributed by atoms with Crippen molar-refractivity contribution in [3.63, 3.8) is 0 Å². The average molecular weight is 353 g/mol. The summed E-state index contributed by atoms with van der Waals surface area (Å²) in [5.74, 6) is -1.27. The smallest absolute Gasteiger partial charge is 0.340 e. The van der Waals surface area contributed by atoms with Crippen LogP contribution in [0.2, 0.25) is 0 Å². The maximum Gasteiger partial charge on any atom is 0.340 e. The second-order valence-electron chi connectivity index (χ2n) is 5.83. The van der Waals surface area contributed by atoms with Crippen molar-refractivity contribution in [2.75, 3.05) is 7.11 Å². The van der Waals surface area contributed by atoms with Crippen molar-refractivity contribution in [1.29, 1.82) is 0 Å². The molecule has 2 heterocycles. The number of H-pyrrole nitrogens is 1. The molecule has 0 saturated carbocycles. The van der Waals surface area contributed by atoms with Gasteiger partial charge in [-0.05, 0) is 36.3 Å². The minimum atomic E-state index is -0.535. The lowest BCUT2D eigenvalue weighted by Gasteiger charge is -2.08. The number of esters is 1. The van der Waals surface area contributed by atoms with Gasteiger partial charge in [-0.2, -0.15) is 0 Å². The van der Waals surface area contributed by atoms with Crippen molar-refractivity contribution in [1.82, 2.24) is 15.0 Å². The average Bonchev–Trinajstić information content (AvgIpc) is 3.07. The first-order valence-corrected chi connectivity index (χ1v) is 7.80. The van der Waals surface area contributed by atoms with Gasteiger partial charge in [-0.15, -0.1) is 0 Å². The molecule has 132 valence electrons. The van der Waals surface area contributed by atoms with Crippen LogP contribution in [0, 0.1) is 5.82 Å². The van der Waals surface area contributed by atoms with Crippen molar-refractivity contribution in [3.05, 3.63) is 59.8 Å². The summed E-state index contributed by atoms with van der Waals surface area (Å²) < 4.78 is 18.9. The normalized spacial score (nSPS) is 10.7. The van der Waals surface area contributed by atoms with Crippen LogP contribution in [0.1, 0.15) is 22.8 Å². The van der Waals surface area contributed by atoms with E-state index in [9.17, 15) is 14.0 Å². The van der Waals surface area contributed by atoms with E-state index >= 15 is 0 Å². The lowest BCUT2D eigenvalue weighted by molar-refractivity contribution is -0.114. The number of rotatable bonds is 5. The fourth-order valence-electron chi connectivity index (χ4n) is 2.63. The molecule has 0 aliphatic carbocycles. The van der Waals surface area contributed by atoms with Gasteiger partial charge in [0.1, 0.15) is 17.8 Å². The molecule has 3 rings (SSSR count). The minimum absolute atomic E-state index is 0.0970. The number of benzene rings is 1. The molecule has 6 nitrogen and oxygen atoms in total. The van der Waals surface area contributed by atoms with E-state index in [1.807, 2.05) is 0 Å². The highest BCUT2D eigenvalue weighted by atomic mass is 19.1. The Morgan fingerprint density at radius 1 is 1.31 bits per heavy atom. The summed E-state index contributed by atoms with van der Waals surface area (Å²) in [6.45, 7) is 5.17. The third-order valence-corrected chi connectivity index (χ3v) is 4.02. The van der Waals surface area contributed by atoms with Gasteiger partial charge in [-0.1, -0.05) is 6.58 Å². The van der Waals surface area contributed by atoms with Gasteiger partial charge in [0.05, 0.1) is 23.8 Å². The van der Waals surface area contributed by atoms with Crippen molar-refractivity contribution < 1.29 is 18.7 Å². The Morgan fingerprint density at radius 2 is 2.08 bits per heavy atom. The van der Waals surface area contributed by atoms with Crippen LogP contribution in [0.5, 0.6) is 0 Å². The summed E-state index contributed by atoms with van der Waals surface area (Å²) in [7, 11) is 1.28. The van der Waals surface area contributed by atoms with E-state index < -0.39 is 11.8 Å². The van der Waals surface area contributed by atoms with E-state index in [0.29, 0.717) is 27.9 Å². The van der Waals surface area contributed by atoms with Gasteiger partial charge in [-0.3, -0.25) is 4.79 Å². The Morgan fingerprint density at radius 3 is 2.77 bits per heavy atom. The highest BCUT2D eigenvalue weighted by Crippen LogP contribution is 2.30. The summed E-state index contributed by atoms with van der Waals surface area (Å²) in [6, 6.07) is 4.36. The van der Waals surface area contributed by atoms with E-state index in [2.05, 4.69) is 21.5 Å². The number of fused-ring (bicyclic) bond motifs is 1. The molecule has 0 atom stereocenters. The molecule has 26 heavy (non-hydrogen) atoms. The van der Waals surface area contributed by atoms with Gasteiger partial charge in [-0.25, -0.2) is 19.2 Å². The number of hydrogen-bond donors (Lipinski definition) is 1. The number of Topliss-reactive ketones (excluding diaryl/α,β-unsaturated/α-hetero) is 1. The molecule has 0 radical (unpaired) electrons. The summed E-state index contributed by atoms with van der Waals surface area (Å²) >= 11 is 0. The van der Waals surface area contributed by atoms with Crippen molar-refractivity contribution in [2.24, 2.45) is 0 Å². The fraction of sp³-hybridized carbons (Fsp3) is 0.158. The van der Waals surface area contributed by atoms with E-state index in [1.165, 1.54) is 25.7 Å². The van der Waals surface area contributed by atoms with Gasteiger partial charge < -0.3 is 9.72 Å². The summed E-state index contributed by atoms with van der Waals surface area (Å²) in [5, 5.41) is 0.475. The Kier molecular flexibility index (Phi) is 4.62. The first-order valence-electron chi connectivity index (χ1n) is 7.80. The summed E-state index contributed by atoms with van der Waals surface area (Å²) in [4.78, 5) is 35.2. The number of aromatic nitrogens is 3. The van der Waals surface area contributed by atoms with Crippen molar-refractivity contribution in [3.8, 4) is 11.3 Å². The molecule has 1 aromatic carbocycles. The Bertz CT molecular complexity index is 1040. The first-order chi connectivity index (χ1) is 12.4. The Balaban J connectivity index is 2.15. The molecule has 1 N–H and O–H groups in total. The highest BCUT2D eigenvalue weighted by Gasteiger charge is 2.19. The van der Waals surface area contributed by atoms with Gasteiger partial charge in [0.15, 0.2) is 5.78 Å². The summed E-state index contributed by atoms with van der Waals surface area (Å²) in [5.41, 5.74) is 2.34. The topological polar surface area (TPSA) is 84.9 Å². The number of aromatic amines is 1. The number of halogens is 1. The van der Waals surface area contributed by atoms with Crippen LogP contribution in [-0.4, -0.2) is 33.8 Å². The molecule has 3 aromatic rings. The molecule has 2 aromatic heterocycles. The molecule has 0 amide bonds. The molecule has 0 unspecified atom stereocenters. The van der Waals surface area contributed by atoms with Crippen LogP contribution in [0.25, 0.3) is 22.3 Å². The summed E-state index contributed by atoms with van der Waals surface area (Å²) in [6.07, 6.45) is 2.74. The van der Waals surface area contributed by atoms with Gasteiger partial charge >= 0.3 is 5.97 Å². The molecular formula is C19H16FN3O3. The molecular weight excluding hydrogens is 337 g/mol. The number of ether oxygens (including phenoxy) is 1. The van der Waals surface area contributed by atoms with Crippen LogP contribution in [0.3, 0.4) is 0 Å². The second-order valence-corrected chi connectivity index (χ2v) is 5.83. The van der Waals surface area contributed by atoms with Crippen LogP contribution >= 0.6 is 0 Å². The van der Waals surface area contributed by atoms with Crippen LogP contribution in [0.15, 0.2) is 42.9 Å². The number of nitrogens with one attached hydrogen (secondary N) is 1. The van der Waals surface area contributed by atoms with Gasteiger partial charge in [0.2, 0.25) is 0 Å². The number of carbonyl (C=O) groups excluding carboxylic acids is 2. The van der Waals surface area contributed by atoms with E-state index in [1.54, 1.807) is 19.1 Å². The van der Waals surface area contributed by atoms with Crippen molar-refractivity contribution >= 4 is 22.8 Å². The third kappa shape index (κ3) is 3.11. The molecule has 0 aliphatic heterocycles. The Labute approximate surface area is 148 Å². The number of nitrogens with zero attached hydrogens (tertiary/aromatic N) is 2. The molecule has 0 fully saturated rings. The predicted octanol–water partition coefficient (Wildman–Crippen LogP) is 3.24. The number of hydrogen-bond acceptors (Lipinski definition) is 5. The zero-order chi connectivity index (χ0) is 18.8. The fourth-order valence-corrected chi connectivity index (χ4v) is 2.63. The van der Waals surface area contributed by atoms with E-state index in [0.717, 1.165) is 0 Å². The lowest BCUT2D eigenvalue weighted by atomic mass is 9.99. The van der Waals surface area contributed by atoms with Crippen molar-refractivity contribution in [2.45, 2.75) is 13.3 Å². The predicted molar refractivity (Wildman–Crippen MR) is 94.1 cm³/mol. The number of ketones is 1. The van der Waals surface area contributed by atoms with E-state index in [4.69, 9.17) is 4.74 Å². The lowest BCUT2D eigenvalue weighted by Crippen LogP contribution is -2.05. The molecule has 0 aliphatic rings. The quantitative estimate of drug-likeness (QED) is 0.562. The maximum atomic E-state index is 14.1. The zero-order valence-corrected chi connectivity index (χ0v) is 14.3. The maximum absolute atomic E-state index is 14.1. The Hall–Kier alpha value is -3.35. The second kappa shape index (κ2) is 6.87. The highest BCUT2D eigenvalue weighted by molar-refractivity contribution is 6.08. The molecule has 7 heteroatoms. The molecule has 0 bridgehead atoms. The van der Waals surface area contributed by atoms with Gasteiger partial charge in [0, 0.05) is 18.2 Å². The number of methoxy groups -OCH3 is 1. The SMILES string of the molecule is C=C(C)C(=O)Cc1cc(-c2ncnc3[nH]cc(C(=O)OC)c23)ccc1F.